The SMILES string of the molecule is Cc1nc(C#N)c2c3c(c4nc(C#N)nc(C#N)c4c2n1)/C(C#N)=N\C(C#N)=C/CC3. The maximum Gasteiger partial charge on any atom is 0.234 e. The zero-order valence-corrected chi connectivity index (χ0v) is 16.0. The minimum atomic E-state index is -0.257. The van der Waals surface area contributed by atoms with Crippen LogP contribution in [-0.4, -0.2) is 25.6 Å². The molecule has 1 aliphatic rings. The second kappa shape index (κ2) is 7.30. The molecule has 3 heterocycles. The Labute approximate surface area is 175 Å². The van der Waals surface area contributed by atoms with E-state index >= 15 is 0 Å². The Hall–Kier alpha value is -5.24. The van der Waals surface area contributed by atoms with Crippen molar-refractivity contribution in [1.82, 2.24) is 19.9 Å². The van der Waals surface area contributed by atoms with Crippen molar-refractivity contribution < 1.29 is 0 Å². The third-order valence-electron chi connectivity index (χ3n) is 4.74. The first-order valence-electron chi connectivity index (χ1n) is 8.90. The predicted octanol–water partition coefficient (Wildman–Crippen LogP) is 2.16. The summed E-state index contributed by atoms with van der Waals surface area (Å²) in [6, 6.07) is 9.74. The first-order chi connectivity index (χ1) is 15.1. The van der Waals surface area contributed by atoms with Gasteiger partial charge in [-0.15, -0.1) is 0 Å². The van der Waals surface area contributed by atoms with Crippen LogP contribution < -0.4 is 0 Å². The van der Waals surface area contributed by atoms with Crippen LogP contribution in [0.1, 0.15) is 40.6 Å². The average Bonchev–Trinajstić information content (AvgIpc) is 2.78. The molecule has 10 heteroatoms. The van der Waals surface area contributed by atoms with Gasteiger partial charge in [0, 0.05) is 10.9 Å². The van der Waals surface area contributed by atoms with Crippen LogP contribution in [0.25, 0.3) is 21.8 Å². The van der Waals surface area contributed by atoms with Crippen LogP contribution in [0.4, 0.5) is 0 Å². The molecule has 0 fully saturated rings. The van der Waals surface area contributed by atoms with Gasteiger partial charge in [-0.05, 0) is 31.4 Å². The molecule has 0 saturated heterocycles. The van der Waals surface area contributed by atoms with E-state index in [1.165, 1.54) is 0 Å². The van der Waals surface area contributed by atoms with Crippen molar-refractivity contribution in [2.45, 2.75) is 19.8 Å². The molecule has 0 unspecified atom stereocenters. The summed E-state index contributed by atoms with van der Waals surface area (Å²) in [4.78, 5) is 21.1. The molecule has 3 aromatic rings. The molecule has 0 amide bonds. The van der Waals surface area contributed by atoms with Crippen LogP contribution in [0.2, 0.25) is 0 Å². The number of fused-ring (bicyclic) bond motifs is 6. The van der Waals surface area contributed by atoms with Gasteiger partial charge >= 0.3 is 0 Å². The molecule has 0 N–H and O–H groups in total. The fraction of sp³-hybridized carbons (Fsp3) is 0.143. The number of rotatable bonds is 0. The highest BCUT2D eigenvalue weighted by Gasteiger charge is 2.27. The van der Waals surface area contributed by atoms with Crippen molar-refractivity contribution >= 4 is 27.5 Å². The van der Waals surface area contributed by atoms with Gasteiger partial charge in [0.1, 0.15) is 41.9 Å². The molecular formula is C21H8N10. The smallest absolute Gasteiger partial charge is 0.232 e. The summed E-state index contributed by atoms with van der Waals surface area (Å²) in [6.45, 7) is 1.61. The summed E-state index contributed by atoms with van der Waals surface area (Å²) < 4.78 is 0. The van der Waals surface area contributed by atoms with E-state index in [2.05, 4.69) is 31.0 Å². The van der Waals surface area contributed by atoms with Crippen LogP contribution in [-0.2, 0) is 6.42 Å². The highest BCUT2D eigenvalue weighted by Crippen LogP contribution is 2.36. The Balaban J connectivity index is 2.40. The Bertz CT molecular complexity index is 1590. The topological polar surface area (TPSA) is 183 Å². The molecule has 0 spiro atoms. The lowest BCUT2D eigenvalue weighted by atomic mass is 9.89. The van der Waals surface area contributed by atoms with Gasteiger partial charge in [0.15, 0.2) is 17.1 Å². The van der Waals surface area contributed by atoms with Crippen LogP contribution in [0.15, 0.2) is 16.8 Å². The zero-order chi connectivity index (χ0) is 22.1. The normalized spacial score (nSPS) is 16.0. The monoisotopic (exact) mass is 400 g/mol. The average molecular weight is 400 g/mol. The maximum absolute atomic E-state index is 9.84. The van der Waals surface area contributed by atoms with Gasteiger partial charge in [0.05, 0.1) is 16.4 Å². The minimum Gasteiger partial charge on any atom is -0.232 e. The molecule has 0 radical (unpaired) electrons. The summed E-state index contributed by atoms with van der Waals surface area (Å²) >= 11 is 0. The molecule has 31 heavy (non-hydrogen) atoms. The Morgan fingerprint density at radius 2 is 1.52 bits per heavy atom. The number of benzene rings is 1. The van der Waals surface area contributed by atoms with Crippen LogP contribution in [0.3, 0.4) is 0 Å². The number of hydrogen-bond acceptors (Lipinski definition) is 10. The van der Waals surface area contributed by atoms with Crippen LogP contribution >= 0.6 is 0 Å². The Morgan fingerprint density at radius 3 is 2.16 bits per heavy atom. The molecule has 4 rings (SSSR count). The standard InChI is InChI=1S/C21H8N10/c1-10-27-13(6-23)17-12-4-2-3-11(5-22)29-14(7-24)18(12)21-19(20(17)28-10)15(8-25)30-16(9-26)31-21/h3H,2,4H2,1H3/b11-3-,29-14-. The minimum absolute atomic E-state index is 0.0613. The number of nitriles is 5. The highest BCUT2D eigenvalue weighted by molar-refractivity contribution is 6.25. The molecule has 1 aromatic carbocycles. The van der Waals surface area contributed by atoms with Crippen molar-refractivity contribution in [3.05, 3.63) is 45.9 Å². The largest absolute Gasteiger partial charge is 0.234 e. The van der Waals surface area contributed by atoms with E-state index in [1.807, 2.05) is 24.3 Å². The number of aromatic nitrogens is 4. The van der Waals surface area contributed by atoms with E-state index in [4.69, 9.17) is 0 Å². The summed E-state index contributed by atoms with van der Waals surface area (Å²) in [5.41, 5.74) is 1.12. The summed E-state index contributed by atoms with van der Waals surface area (Å²) in [7, 11) is 0. The second-order valence-corrected chi connectivity index (χ2v) is 6.46. The molecule has 142 valence electrons. The Kier molecular flexibility index (Phi) is 4.50. The molecule has 0 saturated carbocycles. The van der Waals surface area contributed by atoms with Gasteiger partial charge in [-0.2, -0.15) is 26.3 Å². The number of allylic oxidation sites excluding steroid dienone is 2. The van der Waals surface area contributed by atoms with Gasteiger partial charge in [-0.25, -0.2) is 24.9 Å². The third kappa shape index (κ3) is 2.88. The number of aryl methyl sites for hydroxylation is 2. The third-order valence-corrected chi connectivity index (χ3v) is 4.74. The van der Waals surface area contributed by atoms with Crippen molar-refractivity contribution in [2.75, 3.05) is 0 Å². The van der Waals surface area contributed by atoms with E-state index in [1.54, 1.807) is 13.0 Å². The van der Waals surface area contributed by atoms with E-state index in [0.29, 0.717) is 35.1 Å². The number of hydrogen-bond donors (Lipinski definition) is 0. The van der Waals surface area contributed by atoms with E-state index in [-0.39, 0.29) is 45.1 Å². The number of nitrogens with zero attached hydrogens (tertiary/aromatic N) is 10. The molecule has 0 aliphatic carbocycles. The fourth-order valence-electron chi connectivity index (χ4n) is 3.62. The molecule has 10 nitrogen and oxygen atoms in total. The van der Waals surface area contributed by atoms with E-state index in [9.17, 15) is 26.3 Å². The van der Waals surface area contributed by atoms with E-state index in [0.717, 1.165) is 0 Å². The van der Waals surface area contributed by atoms with Crippen LogP contribution in [0, 0.1) is 63.6 Å². The van der Waals surface area contributed by atoms with Crippen molar-refractivity contribution in [2.24, 2.45) is 4.99 Å². The molecule has 1 aliphatic heterocycles. The van der Waals surface area contributed by atoms with Crippen LogP contribution in [0.5, 0.6) is 0 Å². The lowest BCUT2D eigenvalue weighted by Gasteiger charge is -2.17. The molecule has 2 aromatic heterocycles. The summed E-state index contributed by atoms with van der Waals surface area (Å²) in [6.07, 6.45) is 2.33. The van der Waals surface area contributed by atoms with Gasteiger partial charge in [0.25, 0.3) is 0 Å². The van der Waals surface area contributed by atoms with Gasteiger partial charge in [0.2, 0.25) is 5.82 Å². The first kappa shape index (κ1) is 19.1. The zero-order valence-electron chi connectivity index (χ0n) is 16.0. The lowest BCUT2D eigenvalue weighted by molar-refractivity contribution is 0.984. The van der Waals surface area contributed by atoms with Crippen molar-refractivity contribution in [3.63, 3.8) is 0 Å². The van der Waals surface area contributed by atoms with E-state index < -0.39 is 0 Å². The molecular weight excluding hydrogens is 392 g/mol. The Morgan fingerprint density at radius 1 is 0.774 bits per heavy atom. The summed E-state index contributed by atoms with van der Waals surface area (Å²) in [5.74, 6) is 0.0533. The van der Waals surface area contributed by atoms with Crippen molar-refractivity contribution in [3.8, 4) is 30.3 Å². The molecule has 0 atom stereocenters. The predicted molar refractivity (Wildman–Crippen MR) is 106 cm³/mol. The lowest BCUT2D eigenvalue weighted by Crippen LogP contribution is -2.12. The second-order valence-electron chi connectivity index (χ2n) is 6.46. The summed E-state index contributed by atoms with van der Waals surface area (Å²) in [5, 5.41) is 48.5. The maximum atomic E-state index is 9.84. The highest BCUT2D eigenvalue weighted by atomic mass is 14.9. The molecule has 0 bridgehead atoms. The van der Waals surface area contributed by atoms with Crippen molar-refractivity contribution in [1.29, 1.82) is 26.3 Å². The number of aliphatic imine (C=N–C) groups is 1. The van der Waals surface area contributed by atoms with Gasteiger partial charge < -0.3 is 0 Å². The first-order valence-corrected chi connectivity index (χ1v) is 8.90. The quantitative estimate of drug-likeness (QED) is 0.510. The van der Waals surface area contributed by atoms with Gasteiger partial charge in [-0.3, -0.25) is 0 Å². The van der Waals surface area contributed by atoms with Gasteiger partial charge in [-0.1, -0.05) is 0 Å². The fourth-order valence-corrected chi connectivity index (χ4v) is 3.62.